The summed E-state index contributed by atoms with van der Waals surface area (Å²) in [6.45, 7) is -0.189. The maximum Gasteiger partial charge on any atom is 0.288 e. The zero-order chi connectivity index (χ0) is 16.9. The van der Waals surface area contributed by atoms with Gasteiger partial charge in [0.1, 0.15) is 12.2 Å². The monoisotopic (exact) mass is 322 g/mol. The van der Waals surface area contributed by atoms with Gasteiger partial charge in [0.2, 0.25) is 0 Å². The zero-order valence-corrected chi connectivity index (χ0v) is 12.6. The number of pyridine rings is 2. The third-order valence-corrected chi connectivity index (χ3v) is 3.36. The third kappa shape index (κ3) is 3.46. The quantitative estimate of drug-likeness (QED) is 0.699. The summed E-state index contributed by atoms with van der Waals surface area (Å²) in [5, 5.41) is 0.918. The van der Waals surface area contributed by atoms with E-state index in [0.717, 1.165) is 5.39 Å². The number of hydrogen-bond acceptors (Lipinski definition) is 4. The fourth-order valence-corrected chi connectivity index (χ4v) is 2.17. The summed E-state index contributed by atoms with van der Waals surface area (Å²) in [4.78, 5) is 39.6. The van der Waals surface area contributed by atoms with Crippen molar-refractivity contribution < 1.29 is 9.59 Å². The number of aromatic nitrogens is 2. The molecule has 24 heavy (non-hydrogen) atoms. The molecule has 0 aliphatic carbocycles. The van der Waals surface area contributed by atoms with Crippen LogP contribution in [0.1, 0.15) is 10.5 Å². The minimum atomic E-state index is -0.533. The van der Waals surface area contributed by atoms with Crippen molar-refractivity contribution in [3.8, 4) is 0 Å². The first kappa shape index (κ1) is 15.4. The van der Waals surface area contributed by atoms with Crippen molar-refractivity contribution in [3.05, 3.63) is 76.8 Å². The molecule has 0 fully saturated rings. The van der Waals surface area contributed by atoms with Crippen molar-refractivity contribution >= 4 is 22.7 Å². The summed E-state index contributed by atoms with van der Waals surface area (Å²) in [6.07, 6.45) is 1.49. The number of rotatable bonds is 3. The van der Waals surface area contributed by atoms with E-state index in [9.17, 15) is 14.4 Å². The van der Waals surface area contributed by atoms with Gasteiger partial charge in [-0.05, 0) is 18.2 Å². The second-order valence-corrected chi connectivity index (χ2v) is 5.06. The first-order valence-corrected chi connectivity index (χ1v) is 7.24. The molecule has 7 nitrogen and oxygen atoms in total. The van der Waals surface area contributed by atoms with Crippen molar-refractivity contribution in [1.29, 1.82) is 0 Å². The molecule has 0 aliphatic heterocycles. The van der Waals surface area contributed by atoms with Crippen molar-refractivity contribution in [2.45, 2.75) is 6.54 Å². The molecule has 7 heteroatoms. The minimum Gasteiger partial charge on any atom is -0.306 e. The maximum atomic E-state index is 12.1. The van der Waals surface area contributed by atoms with Crippen molar-refractivity contribution in [1.82, 2.24) is 20.4 Å². The van der Waals surface area contributed by atoms with E-state index in [1.807, 2.05) is 18.2 Å². The number of nitrogens with one attached hydrogen (secondary N) is 2. The molecule has 0 bridgehead atoms. The summed E-state index contributed by atoms with van der Waals surface area (Å²) in [6, 6.07) is 15.3. The van der Waals surface area contributed by atoms with E-state index in [1.165, 1.54) is 16.8 Å². The number of benzene rings is 1. The molecule has 0 spiro atoms. The van der Waals surface area contributed by atoms with Gasteiger partial charge in [-0.25, -0.2) is 4.98 Å². The number of hydrogen-bond donors (Lipinski definition) is 2. The Morgan fingerprint density at radius 3 is 2.58 bits per heavy atom. The number of fused-ring (bicyclic) bond motifs is 1. The Bertz CT molecular complexity index is 965. The Morgan fingerprint density at radius 2 is 1.75 bits per heavy atom. The van der Waals surface area contributed by atoms with Crippen LogP contribution in [0.5, 0.6) is 0 Å². The lowest BCUT2D eigenvalue weighted by Gasteiger charge is -2.08. The average Bonchev–Trinajstić information content (AvgIpc) is 2.61. The normalized spacial score (nSPS) is 10.3. The van der Waals surface area contributed by atoms with Crippen molar-refractivity contribution in [2.24, 2.45) is 0 Å². The molecule has 2 aromatic heterocycles. The van der Waals surface area contributed by atoms with Crippen LogP contribution in [-0.2, 0) is 11.3 Å². The van der Waals surface area contributed by atoms with Crippen LogP contribution in [0.3, 0.4) is 0 Å². The molecule has 2 amide bonds. The van der Waals surface area contributed by atoms with E-state index in [4.69, 9.17) is 0 Å². The molecule has 0 atom stereocenters. The third-order valence-electron chi connectivity index (χ3n) is 3.36. The van der Waals surface area contributed by atoms with Crippen LogP contribution in [0.15, 0.2) is 65.6 Å². The van der Waals surface area contributed by atoms with Gasteiger partial charge >= 0.3 is 0 Å². The summed E-state index contributed by atoms with van der Waals surface area (Å²) < 4.78 is 1.23. The molecule has 0 aliphatic rings. The molecule has 0 saturated carbocycles. The minimum absolute atomic E-state index is 0.186. The van der Waals surface area contributed by atoms with E-state index in [0.29, 0.717) is 5.52 Å². The van der Waals surface area contributed by atoms with Crippen LogP contribution >= 0.6 is 0 Å². The lowest BCUT2D eigenvalue weighted by atomic mass is 10.2. The van der Waals surface area contributed by atoms with Gasteiger partial charge in [0.25, 0.3) is 17.4 Å². The summed E-state index contributed by atoms with van der Waals surface area (Å²) in [5.74, 6) is -1.05. The number of hydrazine groups is 1. The number of carbonyl (C=O) groups is 2. The molecule has 2 heterocycles. The second-order valence-electron chi connectivity index (χ2n) is 5.06. The highest BCUT2D eigenvalue weighted by atomic mass is 16.2. The number of amides is 2. The Balaban J connectivity index is 1.63. The Labute approximate surface area is 136 Å². The van der Waals surface area contributed by atoms with Gasteiger partial charge in [0.05, 0.1) is 5.52 Å². The summed E-state index contributed by atoms with van der Waals surface area (Å²) in [7, 11) is 0. The highest BCUT2D eigenvalue weighted by molar-refractivity contribution is 5.95. The molecular formula is C17H14N4O3. The second kappa shape index (κ2) is 6.74. The molecule has 120 valence electrons. The molecule has 0 radical (unpaired) electrons. The molecule has 2 N–H and O–H groups in total. The fraction of sp³-hybridized carbons (Fsp3) is 0.0588. The van der Waals surface area contributed by atoms with Gasteiger partial charge in [-0.3, -0.25) is 25.2 Å². The Hall–Kier alpha value is -3.48. The van der Waals surface area contributed by atoms with E-state index in [-0.39, 0.29) is 17.8 Å². The van der Waals surface area contributed by atoms with E-state index < -0.39 is 11.8 Å². The maximum absolute atomic E-state index is 12.1. The number of nitrogens with zero attached hydrogens (tertiary/aromatic N) is 2. The van der Waals surface area contributed by atoms with Crippen LogP contribution in [0.4, 0.5) is 0 Å². The van der Waals surface area contributed by atoms with Crippen molar-refractivity contribution in [3.63, 3.8) is 0 Å². The summed E-state index contributed by atoms with van der Waals surface area (Å²) >= 11 is 0. The Morgan fingerprint density at radius 1 is 0.958 bits per heavy atom. The number of carbonyl (C=O) groups excluding carboxylic acids is 2. The van der Waals surface area contributed by atoms with Crippen LogP contribution in [0.2, 0.25) is 0 Å². The molecule has 3 aromatic rings. The van der Waals surface area contributed by atoms with Gasteiger partial charge < -0.3 is 4.57 Å². The Kier molecular flexibility index (Phi) is 4.33. The largest absolute Gasteiger partial charge is 0.306 e. The molecule has 0 unspecified atom stereocenters. The standard InChI is InChI=1S/C17H14N4O3/c22-15(11-21-10-4-3-7-16(21)23)19-20-17(24)14-9-8-12-5-1-2-6-13(12)18-14/h1-10H,11H2,(H,19,22)(H,20,24). The van der Waals surface area contributed by atoms with Crippen molar-refractivity contribution in [2.75, 3.05) is 0 Å². The first-order chi connectivity index (χ1) is 11.6. The highest BCUT2D eigenvalue weighted by Crippen LogP contribution is 2.11. The van der Waals surface area contributed by atoms with Crippen LogP contribution in [0, 0.1) is 0 Å². The lowest BCUT2D eigenvalue weighted by molar-refractivity contribution is -0.122. The van der Waals surface area contributed by atoms with Gasteiger partial charge in [0, 0.05) is 17.6 Å². The lowest BCUT2D eigenvalue weighted by Crippen LogP contribution is -2.44. The average molecular weight is 322 g/mol. The fourth-order valence-electron chi connectivity index (χ4n) is 2.17. The predicted molar refractivity (Wildman–Crippen MR) is 88.1 cm³/mol. The van der Waals surface area contributed by atoms with E-state index >= 15 is 0 Å². The van der Waals surface area contributed by atoms with E-state index in [2.05, 4.69) is 15.8 Å². The molecular weight excluding hydrogens is 308 g/mol. The van der Waals surface area contributed by atoms with Gasteiger partial charge in [-0.1, -0.05) is 30.3 Å². The SMILES string of the molecule is O=C(Cn1ccccc1=O)NNC(=O)c1ccc2ccccc2n1. The molecule has 3 rings (SSSR count). The first-order valence-electron chi connectivity index (χ1n) is 7.24. The molecule has 0 saturated heterocycles. The van der Waals surface area contributed by atoms with Crippen LogP contribution in [0.25, 0.3) is 10.9 Å². The topological polar surface area (TPSA) is 93.1 Å². The predicted octanol–water partition coefficient (Wildman–Crippen LogP) is 0.858. The number of para-hydroxylation sites is 1. The van der Waals surface area contributed by atoms with Crippen LogP contribution in [-0.4, -0.2) is 21.4 Å². The van der Waals surface area contributed by atoms with Crippen LogP contribution < -0.4 is 16.4 Å². The molecule has 1 aromatic carbocycles. The zero-order valence-electron chi connectivity index (χ0n) is 12.6. The van der Waals surface area contributed by atoms with Gasteiger partial charge in [0.15, 0.2) is 0 Å². The van der Waals surface area contributed by atoms with Gasteiger partial charge in [-0.2, -0.15) is 0 Å². The highest BCUT2D eigenvalue weighted by Gasteiger charge is 2.10. The smallest absolute Gasteiger partial charge is 0.288 e. The van der Waals surface area contributed by atoms with Gasteiger partial charge in [-0.15, -0.1) is 0 Å². The van der Waals surface area contributed by atoms with E-state index in [1.54, 1.807) is 30.3 Å². The summed E-state index contributed by atoms with van der Waals surface area (Å²) in [5.41, 5.74) is 5.13.